The molecule has 0 aliphatic rings. The second-order valence-corrected chi connectivity index (χ2v) is 5.42. The van der Waals surface area contributed by atoms with E-state index in [-0.39, 0.29) is 10.7 Å². The van der Waals surface area contributed by atoms with Gasteiger partial charge in [0.25, 0.3) is 11.6 Å². The van der Waals surface area contributed by atoms with Crippen LogP contribution in [0.15, 0.2) is 34.9 Å². The van der Waals surface area contributed by atoms with Gasteiger partial charge in [0.15, 0.2) is 0 Å². The molecule has 1 aromatic carbocycles. The van der Waals surface area contributed by atoms with Gasteiger partial charge in [-0.15, -0.1) is 0 Å². The molecule has 0 spiro atoms. The third kappa shape index (κ3) is 3.49. The van der Waals surface area contributed by atoms with E-state index in [1.807, 2.05) is 0 Å². The first-order valence-corrected chi connectivity index (χ1v) is 7.00. The summed E-state index contributed by atoms with van der Waals surface area (Å²) in [7, 11) is 0. The van der Waals surface area contributed by atoms with Gasteiger partial charge >= 0.3 is 0 Å². The van der Waals surface area contributed by atoms with Crippen LogP contribution in [0.1, 0.15) is 10.4 Å². The van der Waals surface area contributed by atoms with Gasteiger partial charge in [-0.05, 0) is 34.1 Å². The first-order valence-electron chi connectivity index (χ1n) is 5.45. The highest BCUT2D eigenvalue weighted by Crippen LogP contribution is 2.31. The van der Waals surface area contributed by atoms with Crippen molar-refractivity contribution in [2.24, 2.45) is 0 Å². The Morgan fingerprint density at radius 1 is 1.38 bits per heavy atom. The van der Waals surface area contributed by atoms with Crippen molar-refractivity contribution in [3.8, 4) is 0 Å². The number of aromatic nitrogens is 1. The van der Waals surface area contributed by atoms with Gasteiger partial charge in [0.05, 0.1) is 20.1 Å². The summed E-state index contributed by atoms with van der Waals surface area (Å²) in [6.45, 7) is 0. The summed E-state index contributed by atoms with van der Waals surface area (Å²) in [5.41, 5.74) is -0.239. The van der Waals surface area contributed by atoms with Crippen LogP contribution in [0.25, 0.3) is 0 Å². The molecule has 0 radical (unpaired) electrons. The summed E-state index contributed by atoms with van der Waals surface area (Å²) in [6, 6.07) is 6.00. The average Bonchev–Trinajstić information content (AvgIpc) is 2.43. The standard InChI is InChI=1S/C12H6BrCl2N3O3/c13-11-7(14)2-1-3-8(11)17-12(19)6-4-10(15)16-5-9(6)18(20)21/h1-5H,(H,17,19). The van der Waals surface area contributed by atoms with E-state index in [0.717, 1.165) is 12.3 Å². The number of anilines is 1. The van der Waals surface area contributed by atoms with E-state index in [9.17, 15) is 14.9 Å². The SMILES string of the molecule is O=C(Nc1cccc(Cl)c1Br)c1cc(Cl)ncc1[N+](=O)[O-]. The van der Waals surface area contributed by atoms with Gasteiger partial charge in [-0.3, -0.25) is 14.9 Å². The molecular formula is C12H6BrCl2N3O3. The van der Waals surface area contributed by atoms with Gasteiger partial charge < -0.3 is 5.32 Å². The first kappa shape index (κ1) is 15.7. The topological polar surface area (TPSA) is 85.1 Å². The van der Waals surface area contributed by atoms with E-state index in [0.29, 0.717) is 15.2 Å². The lowest BCUT2D eigenvalue weighted by Gasteiger charge is -2.08. The van der Waals surface area contributed by atoms with Crippen LogP contribution in [0.3, 0.4) is 0 Å². The fourth-order valence-electron chi connectivity index (χ4n) is 1.54. The maximum atomic E-state index is 12.2. The summed E-state index contributed by atoms with van der Waals surface area (Å²) in [5.74, 6) is -0.686. The molecule has 0 saturated carbocycles. The number of nitro groups is 1. The molecule has 0 fully saturated rings. The van der Waals surface area contributed by atoms with E-state index in [1.54, 1.807) is 18.2 Å². The molecule has 0 atom stereocenters. The molecule has 108 valence electrons. The number of nitrogens with one attached hydrogen (secondary N) is 1. The molecule has 2 rings (SSSR count). The molecule has 1 heterocycles. The minimum absolute atomic E-state index is 0.0177. The van der Waals surface area contributed by atoms with Crippen LogP contribution < -0.4 is 5.32 Å². The fraction of sp³-hybridized carbons (Fsp3) is 0. The van der Waals surface area contributed by atoms with Crippen molar-refractivity contribution >= 4 is 56.4 Å². The molecule has 2 aromatic rings. The highest BCUT2D eigenvalue weighted by Gasteiger charge is 2.22. The predicted molar refractivity (Wildman–Crippen MR) is 83.0 cm³/mol. The van der Waals surface area contributed by atoms with E-state index in [4.69, 9.17) is 23.2 Å². The Hall–Kier alpha value is -1.70. The van der Waals surface area contributed by atoms with Crippen molar-refractivity contribution in [3.05, 3.63) is 60.8 Å². The minimum Gasteiger partial charge on any atom is -0.321 e. The van der Waals surface area contributed by atoms with Crippen LogP contribution >= 0.6 is 39.1 Å². The number of hydrogen-bond donors (Lipinski definition) is 1. The zero-order valence-electron chi connectivity index (χ0n) is 10.1. The quantitative estimate of drug-likeness (QED) is 0.480. The van der Waals surface area contributed by atoms with Crippen molar-refractivity contribution in [1.29, 1.82) is 0 Å². The summed E-state index contributed by atoms with van der Waals surface area (Å²) in [5, 5.41) is 13.8. The van der Waals surface area contributed by atoms with Gasteiger partial charge in [-0.2, -0.15) is 0 Å². The van der Waals surface area contributed by atoms with Crippen LogP contribution in [0.5, 0.6) is 0 Å². The number of carbonyl (C=O) groups excluding carboxylic acids is 1. The number of halogens is 3. The van der Waals surface area contributed by atoms with E-state index < -0.39 is 16.5 Å². The van der Waals surface area contributed by atoms with Crippen molar-refractivity contribution in [2.75, 3.05) is 5.32 Å². The Bertz CT molecular complexity index is 740. The largest absolute Gasteiger partial charge is 0.321 e. The van der Waals surface area contributed by atoms with Crippen LogP contribution in [0, 0.1) is 10.1 Å². The molecule has 0 saturated heterocycles. The number of rotatable bonds is 3. The Balaban J connectivity index is 2.39. The maximum absolute atomic E-state index is 12.2. The number of pyridine rings is 1. The zero-order valence-corrected chi connectivity index (χ0v) is 13.2. The van der Waals surface area contributed by atoms with E-state index in [1.165, 1.54) is 0 Å². The lowest BCUT2D eigenvalue weighted by atomic mass is 10.2. The second kappa shape index (κ2) is 6.38. The predicted octanol–water partition coefficient (Wildman–Crippen LogP) is 4.31. The normalized spacial score (nSPS) is 10.2. The molecular weight excluding hydrogens is 385 g/mol. The Morgan fingerprint density at radius 2 is 2.10 bits per heavy atom. The fourth-order valence-corrected chi connectivity index (χ4v) is 2.24. The lowest BCUT2D eigenvalue weighted by Crippen LogP contribution is -2.14. The molecule has 0 unspecified atom stereocenters. The molecule has 0 aliphatic carbocycles. The van der Waals surface area contributed by atoms with Gasteiger partial charge in [0.1, 0.15) is 16.9 Å². The molecule has 1 aromatic heterocycles. The Labute approximate surface area is 137 Å². The summed E-state index contributed by atoms with van der Waals surface area (Å²) in [4.78, 5) is 26.0. The summed E-state index contributed by atoms with van der Waals surface area (Å²) < 4.78 is 0.475. The van der Waals surface area contributed by atoms with Gasteiger partial charge in [-0.25, -0.2) is 4.98 Å². The van der Waals surface area contributed by atoms with Crippen LogP contribution in [0.2, 0.25) is 10.2 Å². The highest BCUT2D eigenvalue weighted by atomic mass is 79.9. The van der Waals surface area contributed by atoms with Crippen LogP contribution in [-0.2, 0) is 0 Å². The maximum Gasteiger partial charge on any atom is 0.300 e. The van der Waals surface area contributed by atoms with Crippen LogP contribution in [0.4, 0.5) is 11.4 Å². The van der Waals surface area contributed by atoms with Gasteiger partial charge in [0, 0.05) is 0 Å². The third-order valence-corrected chi connectivity index (χ3v) is 4.09. The Morgan fingerprint density at radius 3 is 2.76 bits per heavy atom. The lowest BCUT2D eigenvalue weighted by molar-refractivity contribution is -0.385. The van der Waals surface area contributed by atoms with Gasteiger partial charge in [0.2, 0.25) is 0 Å². The summed E-state index contributed by atoms with van der Waals surface area (Å²) in [6.07, 6.45) is 0.935. The van der Waals surface area contributed by atoms with Crippen molar-refractivity contribution in [2.45, 2.75) is 0 Å². The zero-order chi connectivity index (χ0) is 15.6. The number of nitrogens with zero attached hydrogens (tertiary/aromatic N) is 2. The van der Waals surface area contributed by atoms with Crippen molar-refractivity contribution < 1.29 is 9.72 Å². The first-order chi connectivity index (χ1) is 9.90. The number of benzene rings is 1. The van der Waals surface area contributed by atoms with Crippen LogP contribution in [-0.4, -0.2) is 15.8 Å². The van der Waals surface area contributed by atoms with Crippen molar-refractivity contribution in [3.63, 3.8) is 0 Å². The average molecular weight is 391 g/mol. The molecule has 0 bridgehead atoms. The third-order valence-electron chi connectivity index (χ3n) is 2.49. The molecule has 1 N–H and O–H groups in total. The molecule has 0 aliphatic heterocycles. The van der Waals surface area contributed by atoms with E-state index in [2.05, 4.69) is 26.2 Å². The molecule has 6 nitrogen and oxygen atoms in total. The smallest absolute Gasteiger partial charge is 0.300 e. The number of hydrogen-bond acceptors (Lipinski definition) is 4. The molecule has 1 amide bonds. The Kier molecular flexibility index (Phi) is 4.76. The summed E-state index contributed by atoms with van der Waals surface area (Å²) >= 11 is 14.8. The van der Waals surface area contributed by atoms with Gasteiger partial charge in [-0.1, -0.05) is 29.3 Å². The van der Waals surface area contributed by atoms with E-state index >= 15 is 0 Å². The van der Waals surface area contributed by atoms with Crippen molar-refractivity contribution in [1.82, 2.24) is 4.98 Å². The molecule has 21 heavy (non-hydrogen) atoms. The molecule has 9 heteroatoms. The number of amides is 1. The number of carbonyl (C=O) groups is 1. The highest BCUT2D eigenvalue weighted by molar-refractivity contribution is 9.10. The monoisotopic (exact) mass is 389 g/mol. The second-order valence-electron chi connectivity index (χ2n) is 3.84. The minimum atomic E-state index is -0.703.